The van der Waals surface area contributed by atoms with Gasteiger partial charge in [-0.3, -0.25) is 28.8 Å². The van der Waals surface area contributed by atoms with E-state index in [-0.39, 0.29) is 80.7 Å². The monoisotopic (exact) mass is 919 g/mol. The lowest BCUT2D eigenvalue weighted by atomic mass is 10.0. The summed E-state index contributed by atoms with van der Waals surface area (Å²) in [7, 11) is 1.69. The van der Waals surface area contributed by atoms with Crippen LogP contribution in [0.4, 0.5) is 10.5 Å². The number of amides is 8. The van der Waals surface area contributed by atoms with Gasteiger partial charge in [-0.05, 0) is 75.3 Å². The lowest BCUT2D eigenvalue weighted by Gasteiger charge is -2.26. The average molecular weight is 919 g/mol. The minimum Gasteiger partial charge on any atom is -0.475 e. The fourth-order valence-electron chi connectivity index (χ4n) is 6.70. The molecule has 0 aromatic heterocycles. The Bertz CT molecular complexity index is 1670. The van der Waals surface area contributed by atoms with E-state index in [9.17, 15) is 38.7 Å². The van der Waals surface area contributed by atoms with E-state index in [1.54, 1.807) is 52.1 Å². The number of anilines is 1. The number of carbonyl (C=O) groups excluding carboxylic acids is 7. The first-order valence-corrected chi connectivity index (χ1v) is 23.5. The predicted molar refractivity (Wildman–Crippen MR) is 248 cm³/mol. The van der Waals surface area contributed by atoms with Gasteiger partial charge in [-0.1, -0.05) is 59.1 Å². The van der Waals surface area contributed by atoms with Crippen LogP contribution in [-0.2, 0) is 40.1 Å². The number of urea groups is 1. The fourth-order valence-corrected chi connectivity index (χ4v) is 7.94. The van der Waals surface area contributed by atoms with Crippen LogP contribution in [-0.4, -0.2) is 120 Å². The number of nitrogens with two attached hydrogens (primary N) is 2. The molecule has 1 aromatic rings. The van der Waals surface area contributed by atoms with Gasteiger partial charge in [0, 0.05) is 56.9 Å². The van der Waals surface area contributed by atoms with E-state index in [1.165, 1.54) is 16.7 Å². The summed E-state index contributed by atoms with van der Waals surface area (Å²) in [5.74, 6) is -2.68. The van der Waals surface area contributed by atoms with Crippen LogP contribution in [0.1, 0.15) is 104 Å². The van der Waals surface area contributed by atoms with E-state index in [2.05, 4.69) is 50.7 Å². The molecule has 20 heteroatoms. The van der Waals surface area contributed by atoms with Crippen molar-refractivity contribution in [3.8, 4) is 0 Å². The second-order valence-electron chi connectivity index (χ2n) is 16.3. The molecular formula is C44H74N10O9S. The van der Waals surface area contributed by atoms with Gasteiger partial charge in [-0.2, -0.15) is 0 Å². The van der Waals surface area contributed by atoms with Crippen LogP contribution >= 0.6 is 11.8 Å². The first-order valence-electron chi connectivity index (χ1n) is 22.4. The Labute approximate surface area is 382 Å². The Morgan fingerprint density at radius 3 is 2.20 bits per heavy atom. The number of nitrogens with one attached hydrogen (secondary N) is 7. The molecule has 0 saturated carbocycles. The highest BCUT2D eigenvalue weighted by molar-refractivity contribution is 8.00. The maximum atomic E-state index is 13.6. The van der Waals surface area contributed by atoms with Crippen molar-refractivity contribution >= 4 is 58.9 Å². The van der Waals surface area contributed by atoms with Crippen molar-refractivity contribution < 1.29 is 43.4 Å². The SMILES string of the molecule is C=C(NC)OCc1ccc(NC(=O)C(CCCNC(N)=O)NC(=O)[C@@H](NC(=O)CCCN2C(=O)C(SC[C@H](NC(=O)C(C)CCCN)C(=O)NCCCCCC)CC2O)C(C)C)cc1. The molecule has 19 nitrogen and oxygen atoms in total. The smallest absolute Gasteiger partial charge is 0.312 e. The van der Waals surface area contributed by atoms with Crippen molar-refractivity contribution in [1.82, 2.24) is 36.8 Å². The maximum Gasteiger partial charge on any atom is 0.312 e. The third kappa shape index (κ3) is 20.6. The standard InChI is InChI=1S/C44H74N10O9S/c1-7-8-9-10-22-48-40(58)34(52-39(57)29(4)14-11-21-45)27-64-35-25-37(56)54(43(35)61)24-13-16-36(55)53-38(28(2)3)42(60)51-33(15-12-23-49-44(46)62)41(59)50-32-19-17-31(18-20-32)26-63-30(5)47-6/h17-20,28-29,33-35,37-38,47,56H,5,7-16,21-27,45H2,1-4,6H3,(H,48,58)(H,50,59)(H,51,60)(H,52,57)(H,53,55)(H3,46,49,62)/t29?,33?,34-,35?,37?,38-/m0/s1. The van der Waals surface area contributed by atoms with E-state index < -0.39 is 53.4 Å². The van der Waals surface area contributed by atoms with Gasteiger partial charge in [0.25, 0.3) is 0 Å². The number of aliphatic hydroxyl groups excluding tert-OH is 1. The van der Waals surface area contributed by atoms with Crippen molar-refractivity contribution in [2.45, 2.75) is 135 Å². The number of ether oxygens (including phenoxy) is 1. The van der Waals surface area contributed by atoms with E-state index >= 15 is 0 Å². The first-order chi connectivity index (χ1) is 30.5. The van der Waals surface area contributed by atoms with E-state index in [1.807, 2.05) is 0 Å². The summed E-state index contributed by atoms with van der Waals surface area (Å²) in [5.41, 5.74) is 12.1. The largest absolute Gasteiger partial charge is 0.475 e. The van der Waals surface area contributed by atoms with Gasteiger partial charge in [-0.25, -0.2) is 4.79 Å². The van der Waals surface area contributed by atoms with Crippen molar-refractivity contribution in [1.29, 1.82) is 0 Å². The van der Waals surface area contributed by atoms with E-state index in [0.29, 0.717) is 43.9 Å². The van der Waals surface area contributed by atoms with E-state index in [4.69, 9.17) is 16.2 Å². The Morgan fingerprint density at radius 1 is 0.875 bits per heavy atom. The quantitative estimate of drug-likeness (QED) is 0.0367. The molecule has 2 rings (SSSR count). The second kappa shape index (κ2) is 30.1. The Hall–Kier alpha value is -5.08. The second-order valence-corrected chi connectivity index (χ2v) is 17.6. The van der Waals surface area contributed by atoms with Crippen LogP contribution in [0.15, 0.2) is 36.7 Å². The number of thioether (sulfide) groups is 1. The summed E-state index contributed by atoms with van der Waals surface area (Å²) in [6, 6.07) is 3.29. The molecule has 1 saturated heterocycles. The molecule has 64 heavy (non-hydrogen) atoms. The summed E-state index contributed by atoms with van der Waals surface area (Å²) >= 11 is 1.20. The number of primary amides is 1. The molecule has 0 aliphatic carbocycles. The van der Waals surface area contributed by atoms with Crippen LogP contribution in [0, 0.1) is 11.8 Å². The summed E-state index contributed by atoms with van der Waals surface area (Å²) in [5, 5.41) is 29.5. The lowest BCUT2D eigenvalue weighted by molar-refractivity contribution is -0.134. The van der Waals surface area contributed by atoms with Crippen LogP contribution < -0.4 is 48.7 Å². The Kier molecular flexibility index (Phi) is 25.9. The van der Waals surface area contributed by atoms with Crippen molar-refractivity contribution in [2.75, 3.05) is 44.3 Å². The Balaban J connectivity index is 2.00. The van der Waals surface area contributed by atoms with E-state index in [0.717, 1.165) is 31.2 Å². The molecule has 1 fully saturated rings. The number of carbonyl (C=O) groups is 7. The molecule has 0 radical (unpaired) electrons. The lowest BCUT2D eigenvalue weighted by Crippen LogP contribution is -2.54. The minimum absolute atomic E-state index is 0.0630. The predicted octanol–water partition coefficient (Wildman–Crippen LogP) is 1.90. The van der Waals surface area contributed by atoms with Crippen LogP contribution in [0.2, 0.25) is 0 Å². The van der Waals surface area contributed by atoms with Crippen LogP contribution in [0.3, 0.4) is 0 Å². The number of aliphatic hydroxyl groups is 1. The zero-order valence-electron chi connectivity index (χ0n) is 38.3. The Morgan fingerprint density at radius 2 is 1.56 bits per heavy atom. The van der Waals surface area contributed by atoms with Gasteiger partial charge >= 0.3 is 6.03 Å². The van der Waals surface area contributed by atoms with Gasteiger partial charge in [0.05, 0.1) is 5.25 Å². The molecule has 1 heterocycles. The number of unbranched alkanes of at least 4 members (excludes halogenated alkanes) is 3. The number of rotatable bonds is 32. The highest BCUT2D eigenvalue weighted by atomic mass is 32.2. The van der Waals surface area contributed by atoms with Gasteiger partial charge in [0.2, 0.25) is 35.4 Å². The van der Waals surface area contributed by atoms with Crippen molar-refractivity contribution in [2.24, 2.45) is 23.3 Å². The van der Waals surface area contributed by atoms with Crippen molar-refractivity contribution in [3.63, 3.8) is 0 Å². The molecule has 0 spiro atoms. The van der Waals surface area contributed by atoms with Gasteiger partial charge in [0.15, 0.2) is 5.88 Å². The molecule has 1 aromatic carbocycles. The molecule has 0 bridgehead atoms. The van der Waals surface area contributed by atoms with Crippen LogP contribution in [0.25, 0.3) is 0 Å². The zero-order chi connectivity index (χ0) is 47.6. The van der Waals surface area contributed by atoms with Gasteiger partial charge in [-0.15, -0.1) is 11.8 Å². The summed E-state index contributed by atoms with van der Waals surface area (Å²) < 4.78 is 5.48. The molecule has 12 N–H and O–H groups in total. The summed E-state index contributed by atoms with van der Waals surface area (Å²) in [6.45, 7) is 12.5. The molecule has 4 unspecified atom stereocenters. The molecular weight excluding hydrogens is 845 g/mol. The third-order valence-corrected chi connectivity index (χ3v) is 12.0. The zero-order valence-corrected chi connectivity index (χ0v) is 39.1. The number of likely N-dealkylation sites (tertiary alicyclic amines) is 1. The topological polar surface area (TPSA) is 288 Å². The first kappa shape index (κ1) is 55.1. The van der Waals surface area contributed by atoms with Crippen LogP contribution in [0.5, 0.6) is 0 Å². The third-order valence-electron chi connectivity index (χ3n) is 10.6. The average Bonchev–Trinajstić information content (AvgIpc) is 3.53. The molecule has 8 amide bonds. The number of hydrogen-bond donors (Lipinski definition) is 10. The van der Waals surface area contributed by atoms with Gasteiger partial charge < -0.3 is 63.4 Å². The van der Waals surface area contributed by atoms with Crippen molar-refractivity contribution in [3.05, 3.63) is 42.3 Å². The number of hydrogen-bond acceptors (Lipinski definition) is 12. The number of nitrogens with zero attached hydrogens (tertiary/aromatic N) is 1. The summed E-state index contributed by atoms with van der Waals surface area (Å²) in [4.78, 5) is 92.4. The highest BCUT2D eigenvalue weighted by Gasteiger charge is 2.39. The highest BCUT2D eigenvalue weighted by Crippen LogP contribution is 2.29. The minimum atomic E-state index is -1.10. The van der Waals surface area contributed by atoms with Gasteiger partial charge in [0.1, 0.15) is 31.0 Å². The maximum absolute atomic E-state index is 13.6. The number of benzene rings is 1. The normalized spacial score (nSPS) is 16.5. The molecule has 360 valence electrons. The molecule has 1 aliphatic rings. The fraction of sp³-hybridized carbons (Fsp3) is 0.659. The summed E-state index contributed by atoms with van der Waals surface area (Å²) in [6.07, 6.45) is 4.74. The molecule has 1 aliphatic heterocycles. The molecule has 6 atom stereocenters.